The Morgan fingerprint density at radius 3 is 2.18 bits per heavy atom. The molecule has 1 N–H and O–H groups in total. The van der Waals surface area contributed by atoms with Gasteiger partial charge in [0.15, 0.2) is 12.4 Å². The third kappa shape index (κ3) is 8.09. The summed E-state index contributed by atoms with van der Waals surface area (Å²) in [6, 6.07) is 19.7. The topological polar surface area (TPSA) is 54.1 Å². The van der Waals surface area contributed by atoms with Crippen molar-refractivity contribution in [3.05, 3.63) is 96.1 Å². The third-order valence-corrected chi connectivity index (χ3v) is 6.94. The van der Waals surface area contributed by atoms with E-state index >= 15 is 0 Å². The molecule has 0 bridgehead atoms. The van der Waals surface area contributed by atoms with Gasteiger partial charge in [0.1, 0.15) is 6.54 Å². The lowest BCUT2D eigenvalue weighted by atomic mass is 9.79. The molecule has 4 heteroatoms. The molecule has 0 aliphatic carbocycles. The van der Waals surface area contributed by atoms with Gasteiger partial charge in [-0.2, -0.15) is 0 Å². The smallest absolute Gasteiger partial charge is 0.303 e. The summed E-state index contributed by atoms with van der Waals surface area (Å²) < 4.78 is 2.22. The Labute approximate surface area is 204 Å². The highest BCUT2D eigenvalue weighted by Crippen LogP contribution is 2.38. The molecule has 0 radical (unpaired) electrons. The summed E-state index contributed by atoms with van der Waals surface area (Å²) in [5.74, 6) is 0.776. The van der Waals surface area contributed by atoms with E-state index in [0.717, 1.165) is 45.1 Å². The summed E-state index contributed by atoms with van der Waals surface area (Å²) in [5.41, 5.74) is 4.18. The lowest BCUT2D eigenvalue weighted by Crippen LogP contribution is -2.32. The molecular weight excluding hydrogens is 420 g/mol. The number of aromatic nitrogens is 2. The maximum absolute atomic E-state index is 10.7. The van der Waals surface area contributed by atoms with Crippen LogP contribution in [0.1, 0.15) is 93.2 Å². The first-order chi connectivity index (χ1) is 16.6. The molecule has 0 amide bonds. The Bertz CT molecular complexity index is 974. The summed E-state index contributed by atoms with van der Waals surface area (Å²) in [6.07, 6.45) is 14.5. The molecule has 3 unspecified atom stereocenters. The molecule has 0 aliphatic rings. The fourth-order valence-corrected chi connectivity index (χ4v) is 4.87. The normalized spacial score (nSPS) is 13.8. The van der Waals surface area contributed by atoms with Gasteiger partial charge in [0.05, 0.1) is 0 Å². The zero-order valence-electron chi connectivity index (χ0n) is 20.6. The van der Waals surface area contributed by atoms with E-state index in [9.17, 15) is 4.79 Å². The van der Waals surface area contributed by atoms with Crippen LogP contribution in [-0.2, 0) is 11.3 Å². The van der Waals surface area contributed by atoms with Crippen LogP contribution < -0.4 is 4.57 Å². The first-order valence-corrected chi connectivity index (χ1v) is 12.7. The standard InChI is InChI=1S/C30H38N2O2/c1-3-25(28-15-20-32(21-16-28)19-9-5-8-12-30(33)34)23-29(27-13-17-31-18-14-27)22-24(2)26-10-6-4-7-11-26/h4,6-7,10-11,13-18,20-21,24-25,29H,3,5,8-9,12,19,22-23H2,1-2H3/p+1. The molecule has 0 aliphatic heterocycles. The molecule has 4 nitrogen and oxygen atoms in total. The monoisotopic (exact) mass is 459 g/mol. The highest BCUT2D eigenvalue weighted by molar-refractivity contribution is 5.66. The van der Waals surface area contributed by atoms with Crippen LogP contribution in [0.15, 0.2) is 79.4 Å². The Hall–Kier alpha value is -3.01. The number of benzene rings is 1. The van der Waals surface area contributed by atoms with Gasteiger partial charge >= 0.3 is 5.97 Å². The SMILES string of the molecule is CCC(CC(CC(C)c1ccccc1)c1ccncc1)c1cc[n+](CCCCCC(=O)O)cc1. The number of hydrogen-bond acceptors (Lipinski definition) is 2. The number of aryl methyl sites for hydroxylation is 1. The van der Waals surface area contributed by atoms with Crippen molar-refractivity contribution in [3.8, 4) is 0 Å². The Kier molecular flexibility index (Phi) is 10.3. The second-order valence-corrected chi connectivity index (χ2v) is 9.44. The zero-order valence-corrected chi connectivity index (χ0v) is 20.6. The molecule has 3 aromatic rings. The predicted octanol–water partition coefficient (Wildman–Crippen LogP) is 6.88. The molecule has 3 atom stereocenters. The number of carbonyl (C=O) groups is 1. The van der Waals surface area contributed by atoms with Crippen molar-refractivity contribution in [2.24, 2.45) is 0 Å². The van der Waals surface area contributed by atoms with Gasteiger partial charge in [-0.3, -0.25) is 9.78 Å². The Morgan fingerprint density at radius 2 is 1.53 bits per heavy atom. The van der Waals surface area contributed by atoms with Crippen molar-refractivity contribution in [3.63, 3.8) is 0 Å². The molecule has 3 rings (SSSR count). The van der Waals surface area contributed by atoms with Crippen LogP contribution >= 0.6 is 0 Å². The summed E-state index contributed by atoms with van der Waals surface area (Å²) >= 11 is 0. The minimum absolute atomic E-state index is 0.267. The number of aliphatic carboxylic acids is 1. The summed E-state index contributed by atoms with van der Waals surface area (Å²) in [6.45, 7) is 5.57. The predicted molar refractivity (Wildman–Crippen MR) is 137 cm³/mol. The van der Waals surface area contributed by atoms with Gasteiger partial charge in [-0.15, -0.1) is 0 Å². The first-order valence-electron chi connectivity index (χ1n) is 12.7. The molecular formula is C30H39N2O2+. The van der Waals surface area contributed by atoms with Gasteiger partial charge < -0.3 is 5.11 Å². The van der Waals surface area contributed by atoms with E-state index < -0.39 is 5.97 Å². The van der Waals surface area contributed by atoms with Crippen LogP contribution in [0.4, 0.5) is 0 Å². The molecule has 0 saturated carbocycles. The van der Waals surface area contributed by atoms with Crippen molar-refractivity contribution < 1.29 is 14.5 Å². The average molecular weight is 460 g/mol. The van der Waals surface area contributed by atoms with Crippen molar-refractivity contribution >= 4 is 5.97 Å². The number of pyridine rings is 2. The lowest BCUT2D eigenvalue weighted by Gasteiger charge is -2.26. The van der Waals surface area contributed by atoms with E-state index in [1.54, 1.807) is 0 Å². The first kappa shape index (κ1) is 25.6. The Morgan fingerprint density at radius 1 is 0.853 bits per heavy atom. The molecule has 34 heavy (non-hydrogen) atoms. The van der Waals surface area contributed by atoms with Crippen LogP contribution in [-0.4, -0.2) is 16.1 Å². The molecule has 1 aromatic carbocycles. The van der Waals surface area contributed by atoms with E-state index in [2.05, 4.69) is 90.4 Å². The summed E-state index contributed by atoms with van der Waals surface area (Å²) in [4.78, 5) is 14.9. The number of rotatable bonds is 14. The van der Waals surface area contributed by atoms with Gasteiger partial charge in [0.25, 0.3) is 0 Å². The minimum Gasteiger partial charge on any atom is -0.481 e. The van der Waals surface area contributed by atoms with E-state index in [4.69, 9.17) is 5.11 Å². The fraction of sp³-hybridized carbons (Fsp3) is 0.433. The number of carboxylic acids is 1. The summed E-state index contributed by atoms with van der Waals surface area (Å²) in [5, 5.41) is 8.77. The van der Waals surface area contributed by atoms with Crippen molar-refractivity contribution in [1.82, 2.24) is 4.98 Å². The lowest BCUT2D eigenvalue weighted by molar-refractivity contribution is -0.697. The van der Waals surface area contributed by atoms with Gasteiger partial charge in [-0.05, 0) is 78.7 Å². The molecule has 2 heterocycles. The van der Waals surface area contributed by atoms with Crippen LogP contribution in [0, 0.1) is 0 Å². The van der Waals surface area contributed by atoms with Crippen LogP contribution in [0.5, 0.6) is 0 Å². The maximum atomic E-state index is 10.7. The molecule has 0 fully saturated rings. The van der Waals surface area contributed by atoms with E-state index in [-0.39, 0.29) is 6.42 Å². The largest absolute Gasteiger partial charge is 0.481 e. The van der Waals surface area contributed by atoms with Gasteiger partial charge in [-0.1, -0.05) is 44.2 Å². The van der Waals surface area contributed by atoms with Gasteiger partial charge in [0.2, 0.25) is 0 Å². The number of nitrogens with zero attached hydrogens (tertiary/aromatic N) is 2. The van der Waals surface area contributed by atoms with Crippen molar-refractivity contribution in [2.75, 3.05) is 0 Å². The average Bonchev–Trinajstić information content (AvgIpc) is 2.87. The van der Waals surface area contributed by atoms with Crippen LogP contribution in [0.2, 0.25) is 0 Å². The number of unbranched alkanes of at least 4 members (excludes halogenated alkanes) is 2. The number of carboxylic acid groups (broad SMARTS) is 1. The Balaban J connectivity index is 1.65. The van der Waals surface area contributed by atoms with Crippen LogP contribution in [0.25, 0.3) is 0 Å². The van der Waals surface area contributed by atoms with E-state index in [0.29, 0.717) is 17.8 Å². The van der Waals surface area contributed by atoms with E-state index in [1.807, 2.05) is 12.4 Å². The second kappa shape index (κ2) is 13.6. The molecule has 0 saturated heterocycles. The third-order valence-electron chi connectivity index (χ3n) is 6.94. The number of hydrogen-bond donors (Lipinski definition) is 1. The highest BCUT2D eigenvalue weighted by atomic mass is 16.4. The zero-order chi connectivity index (χ0) is 24.2. The van der Waals surface area contributed by atoms with E-state index in [1.165, 1.54) is 16.7 Å². The van der Waals surface area contributed by atoms with Gasteiger partial charge in [0, 0.05) is 37.4 Å². The van der Waals surface area contributed by atoms with Crippen molar-refractivity contribution in [1.29, 1.82) is 0 Å². The van der Waals surface area contributed by atoms with Gasteiger partial charge in [-0.25, -0.2) is 4.57 Å². The summed E-state index contributed by atoms with van der Waals surface area (Å²) in [7, 11) is 0. The maximum Gasteiger partial charge on any atom is 0.303 e. The molecule has 180 valence electrons. The van der Waals surface area contributed by atoms with Crippen LogP contribution in [0.3, 0.4) is 0 Å². The molecule has 2 aromatic heterocycles. The molecule has 0 spiro atoms. The fourth-order valence-electron chi connectivity index (χ4n) is 4.87. The quantitative estimate of drug-likeness (QED) is 0.211. The minimum atomic E-state index is -0.703. The second-order valence-electron chi connectivity index (χ2n) is 9.44. The van der Waals surface area contributed by atoms with Crippen molar-refractivity contribution in [2.45, 2.75) is 83.1 Å². The highest BCUT2D eigenvalue weighted by Gasteiger charge is 2.22.